The van der Waals surface area contributed by atoms with Crippen LogP contribution >= 0.6 is 0 Å². The second-order valence-corrected chi connectivity index (χ2v) is 7.55. The predicted octanol–water partition coefficient (Wildman–Crippen LogP) is 3.53. The van der Waals surface area contributed by atoms with Crippen molar-refractivity contribution >= 4 is 11.9 Å². The normalized spacial score (nSPS) is 32.1. The van der Waals surface area contributed by atoms with Gasteiger partial charge in [0.25, 0.3) is 0 Å². The van der Waals surface area contributed by atoms with Gasteiger partial charge in [0.15, 0.2) is 0 Å². The maximum atomic E-state index is 12.9. The van der Waals surface area contributed by atoms with Gasteiger partial charge in [0.2, 0.25) is 0 Å². The first-order valence-electron chi connectivity index (χ1n) is 9.36. The van der Waals surface area contributed by atoms with E-state index in [9.17, 15) is 9.59 Å². The van der Waals surface area contributed by atoms with E-state index >= 15 is 0 Å². The van der Waals surface area contributed by atoms with Crippen molar-refractivity contribution < 1.29 is 19.1 Å². The Morgan fingerprint density at radius 1 is 0.571 bits per heavy atom. The lowest BCUT2D eigenvalue weighted by Gasteiger charge is -2.33. The minimum Gasteiger partial charge on any atom is -0.392 e. The number of hydrogen-bond donors (Lipinski definition) is 0. The van der Waals surface area contributed by atoms with E-state index in [-0.39, 0.29) is 0 Å². The molecule has 0 N–H and O–H groups in total. The molecule has 28 heavy (non-hydrogen) atoms. The number of benzene rings is 3. The molecule has 4 heteroatoms. The van der Waals surface area contributed by atoms with E-state index in [1.165, 1.54) is 0 Å². The van der Waals surface area contributed by atoms with Gasteiger partial charge in [-0.05, 0) is 22.3 Å². The van der Waals surface area contributed by atoms with Gasteiger partial charge in [-0.2, -0.15) is 0 Å². The van der Waals surface area contributed by atoms with Crippen molar-refractivity contribution in [1.29, 1.82) is 0 Å². The molecule has 3 heterocycles. The summed E-state index contributed by atoms with van der Waals surface area (Å²) in [5, 5.41) is 0. The van der Waals surface area contributed by atoms with E-state index in [1.54, 1.807) is 0 Å². The summed E-state index contributed by atoms with van der Waals surface area (Å²) in [5.41, 5.74) is 1.50. The summed E-state index contributed by atoms with van der Waals surface area (Å²) in [6, 6.07) is 27.3. The molecule has 4 atom stereocenters. The molecule has 0 aliphatic carbocycles. The molecule has 0 saturated carbocycles. The quantitative estimate of drug-likeness (QED) is 0.513. The van der Waals surface area contributed by atoms with Crippen LogP contribution in [-0.2, 0) is 30.3 Å². The van der Waals surface area contributed by atoms with Crippen LogP contribution in [0.5, 0.6) is 0 Å². The maximum absolute atomic E-state index is 12.9. The highest BCUT2D eigenvalue weighted by atomic mass is 16.6. The van der Waals surface area contributed by atoms with Crippen molar-refractivity contribution in [3.05, 3.63) is 107 Å². The summed E-state index contributed by atoms with van der Waals surface area (Å²) in [4.78, 5) is 25.8. The summed E-state index contributed by atoms with van der Waals surface area (Å²) in [6.07, 6.45) is 0. The Morgan fingerprint density at radius 2 is 0.964 bits per heavy atom. The zero-order valence-electron chi connectivity index (χ0n) is 14.9. The molecule has 2 saturated heterocycles. The van der Waals surface area contributed by atoms with E-state index in [4.69, 9.17) is 9.47 Å². The second-order valence-electron chi connectivity index (χ2n) is 7.55. The average molecular weight is 368 g/mol. The van der Waals surface area contributed by atoms with E-state index in [2.05, 4.69) is 0 Å². The molecule has 0 spiro atoms. The van der Waals surface area contributed by atoms with Gasteiger partial charge in [-0.1, -0.05) is 84.9 Å². The smallest absolute Gasteiger partial charge is 0.321 e. The molecule has 2 fully saturated rings. The van der Waals surface area contributed by atoms with Crippen molar-refractivity contribution in [2.75, 3.05) is 0 Å². The van der Waals surface area contributed by atoms with Crippen LogP contribution in [0.1, 0.15) is 22.3 Å². The molecule has 4 nitrogen and oxygen atoms in total. The van der Waals surface area contributed by atoms with E-state index in [0.717, 1.165) is 22.3 Å². The van der Waals surface area contributed by atoms with Crippen LogP contribution in [0.4, 0.5) is 0 Å². The zero-order valence-corrected chi connectivity index (χ0v) is 14.9. The molecule has 136 valence electrons. The first-order valence-corrected chi connectivity index (χ1v) is 9.36. The highest BCUT2D eigenvalue weighted by Crippen LogP contribution is 2.70. The van der Waals surface area contributed by atoms with E-state index < -0.39 is 35.0 Å². The monoisotopic (exact) mass is 368 g/mol. The number of hydrogen-bond acceptors (Lipinski definition) is 4. The topological polar surface area (TPSA) is 52.6 Å². The molecule has 4 unspecified atom stereocenters. The fraction of sp³-hybridized carbons (Fsp3) is 0.167. The molecule has 6 rings (SSSR count). The Morgan fingerprint density at radius 3 is 1.39 bits per heavy atom. The van der Waals surface area contributed by atoms with Crippen LogP contribution in [0.25, 0.3) is 0 Å². The standard InChI is InChI=1S/C24H16O4/c25-21-19-20(22(26)27-21)24(16-11-5-2-6-12-16)18-14-8-7-13-17(18)23(19,28-24)15-9-3-1-4-10-15/h1-14,19-20H. The summed E-state index contributed by atoms with van der Waals surface area (Å²) in [6.45, 7) is 0. The molecule has 0 aromatic heterocycles. The van der Waals surface area contributed by atoms with Crippen LogP contribution in [0, 0.1) is 11.8 Å². The van der Waals surface area contributed by atoms with Gasteiger partial charge in [0, 0.05) is 0 Å². The highest BCUT2D eigenvalue weighted by Gasteiger charge is 2.78. The average Bonchev–Trinajstić information content (AvgIpc) is 3.36. The minimum absolute atomic E-state index is 0.508. The van der Waals surface area contributed by atoms with Crippen LogP contribution in [0.15, 0.2) is 84.9 Å². The lowest BCUT2D eigenvalue weighted by molar-refractivity contribution is -0.162. The number of ether oxygens (including phenoxy) is 2. The Balaban J connectivity index is 1.75. The van der Waals surface area contributed by atoms with Gasteiger partial charge >= 0.3 is 11.9 Å². The van der Waals surface area contributed by atoms with Gasteiger partial charge in [-0.15, -0.1) is 0 Å². The SMILES string of the molecule is O=C1OC(=O)C2C1C1(c3ccccc3)OC2(c2ccccc2)c2ccccc21. The van der Waals surface area contributed by atoms with Crippen molar-refractivity contribution in [3.63, 3.8) is 0 Å². The van der Waals surface area contributed by atoms with Crippen molar-refractivity contribution in [1.82, 2.24) is 0 Å². The minimum atomic E-state index is -1.04. The number of carbonyl (C=O) groups is 2. The third-order valence-electron chi connectivity index (χ3n) is 6.37. The summed E-state index contributed by atoms with van der Waals surface area (Å²) in [5.74, 6) is -2.44. The van der Waals surface area contributed by atoms with Gasteiger partial charge in [-0.3, -0.25) is 9.59 Å². The lowest BCUT2D eigenvalue weighted by atomic mass is 9.61. The Labute approximate surface area is 161 Å². The Hall–Kier alpha value is -3.24. The molecular weight excluding hydrogens is 352 g/mol. The van der Waals surface area contributed by atoms with Crippen LogP contribution in [0.2, 0.25) is 0 Å². The first-order chi connectivity index (χ1) is 13.7. The molecule has 3 aliphatic rings. The highest BCUT2D eigenvalue weighted by molar-refractivity contribution is 6.01. The van der Waals surface area contributed by atoms with Crippen LogP contribution in [0.3, 0.4) is 0 Å². The van der Waals surface area contributed by atoms with Crippen LogP contribution in [-0.4, -0.2) is 11.9 Å². The number of fused-ring (bicyclic) bond motifs is 8. The van der Waals surface area contributed by atoms with Crippen molar-refractivity contribution in [2.45, 2.75) is 11.2 Å². The number of rotatable bonds is 2. The fourth-order valence-corrected chi connectivity index (χ4v) is 5.42. The van der Waals surface area contributed by atoms with Gasteiger partial charge in [0.05, 0.1) is 0 Å². The fourth-order valence-electron chi connectivity index (χ4n) is 5.42. The van der Waals surface area contributed by atoms with Gasteiger partial charge in [0.1, 0.15) is 23.0 Å². The van der Waals surface area contributed by atoms with Gasteiger partial charge in [-0.25, -0.2) is 0 Å². The van der Waals surface area contributed by atoms with Gasteiger partial charge < -0.3 is 9.47 Å². The molecule has 3 aliphatic heterocycles. The molecular formula is C24H16O4. The molecule has 3 aromatic carbocycles. The Kier molecular flexibility index (Phi) is 2.92. The lowest BCUT2D eigenvalue weighted by Crippen LogP contribution is -2.42. The number of carbonyl (C=O) groups excluding carboxylic acids is 2. The summed E-state index contributed by atoms with van der Waals surface area (Å²) >= 11 is 0. The third kappa shape index (κ3) is 1.61. The number of cyclic esters (lactones) is 2. The molecule has 0 amide bonds. The Bertz CT molecular complexity index is 1040. The van der Waals surface area contributed by atoms with E-state index in [0.29, 0.717) is 0 Å². The number of esters is 2. The molecule has 3 aromatic rings. The van der Waals surface area contributed by atoms with E-state index in [1.807, 2.05) is 84.9 Å². The summed E-state index contributed by atoms with van der Waals surface area (Å²) in [7, 11) is 0. The summed E-state index contributed by atoms with van der Waals surface area (Å²) < 4.78 is 12.1. The zero-order chi connectivity index (χ0) is 18.9. The molecule has 2 bridgehead atoms. The van der Waals surface area contributed by atoms with Crippen molar-refractivity contribution in [2.24, 2.45) is 11.8 Å². The molecule has 0 radical (unpaired) electrons. The largest absolute Gasteiger partial charge is 0.392 e. The predicted molar refractivity (Wildman–Crippen MR) is 100 cm³/mol. The van der Waals surface area contributed by atoms with Crippen molar-refractivity contribution in [3.8, 4) is 0 Å². The van der Waals surface area contributed by atoms with Crippen LogP contribution < -0.4 is 0 Å². The maximum Gasteiger partial charge on any atom is 0.321 e. The second kappa shape index (κ2) is 5.18. The third-order valence-corrected chi connectivity index (χ3v) is 6.37. The first kappa shape index (κ1) is 15.8.